The Bertz CT molecular complexity index is 908. The minimum absolute atomic E-state index is 0.183. The van der Waals surface area contributed by atoms with E-state index in [-0.39, 0.29) is 17.0 Å². The van der Waals surface area contributed by atoms with Crippen molar-refractivity contribution in [3.63, 3.8) is 0 Å². The van der Waals surface area contributed by atoms with E-state index < -0.39 is 0 Å². The number of aromatic nitrogens is 1. The minimum atomic E-state index is -0.316. The van der Waals surface area contributed by atoms with Crippen molar-refractivity contribution in [1.82, 2.24) is 4.98 Å². The molecule has 0 fully saturated rings. The summed E-state index contributed by atoms with van der Waals surface area (Å²) >= 11 is 0. The summed E-state index contributed by atoms with van der Waals surface area (Å²) < 4.78 is 28.3. The first kappa shape index (κ1) is 16.6. The summed E-state index contributed by atoms with van der Waals surface area (Å²) in [6.45, 7) is 7.90. The molecule has 0 saturated carbocycles. The lowest BCUT2D eigenvalue weighted by molar-refractivity contribution is 0.517. The number of hydrogen-bond acceptors (Lipinski definition) is 1. The molecule has 3 rings (SSSR count). The van der Waals surface area contributed by atoms with Gasteiger partial charge in [-0.2, -0.15) is 0 Å². The van der Waals surface area contributed by atoms with Gasteiger partial charge in [0.05, 0.1) is 0 Å². The number of fused-ring (bicyclic) bond motifs is 1. The van der Waals surface area contributed by atoms with E-state index in [4.69, 9.17) is 0 Å². The van der Waals surface area contributed by atoms with Gasteiger partial charge in [-0.15, -0.1) is 0 Å². The fourth-order valence-electron chi connectivity index (χ4n) is 3.24. The smallest absolute Gasteiger partial charge is 0.149 e. The predicted molar refractivity (Wildman–Crippen MR) is 94.3 cm³/mol. The van der Waals surface area contributed by atoms with E-state index in [1.165, 1.54) is 12.1 Å². The summed E-state index contributed by atoms with van der Waals surface area (Å²) in [7, 11) is 0. The normalized spacial score (nSPS) is 11.9. The molecule has 0 amide bonds. The van der Waals surface area contributed by atoms with Crippen LogP contribution in [0.15, 0.2) is 42.5 Å². The van der Waals surface area contributed by atoms with Crippen LogP contribution in [-0.4, -0.2) is 4.98 Å². The van der Waals surface area contributed by atoms with Crippen LogP contribution in [0.3, 0.4) is 0 Å². The molecule has 0 atom stereocenters. The van der Waals surface area contributed by atoms with Gasteiger partial charge in [0, 0.05) is 11.1 Å². The molecule has 124 valence electrons. The minimum Gasteiger partial charge on any atom is -0.250 e. The molecule has 0 bridgehead atoms. The molecule has 0 N–H and O–H groups in total. The molecular weight excluding hydrogens is 304 g/mol. The van der Waals surface area contributed by atoms with Crippen LogP contribution >= 0.6 is 0 Å². The number of hydrogen-bond donors (Lipinski definition) is 0. The molecule has 0 aliphatic carbocycles. The van der Waals surface area contributed by atoms with Gasteiger partial charge in [-0.25, -0.2) is 13.8 Å². The summed E-state index contributed by atoms with van der Waals surface area (Å²) in [5.41, 5.74) is 3.53. The number of aryl methyl sites for hydroxylation is 1. The van der Waals surface area contributed by atoms with E-state index in [1.807, 2.05) is 45.9 Å². The number of rotatable bonds is 2. The molecule has 2 aromatic carbocycles. The highest BCUT2D eigenvalue weighted by Crippen LogP contribution is 2.31. The summed E-state index contributed by atoms with van der Waals surface area (Å²) in [4.78, 5) is 4.42. The van der Waals surface area contributed by atoms with Crippen molar-refractivity contribution in [2.45, 2.75) is 39.5 Å². The zero-order chi connectivity index (χ0) is 17.5. The number of para-hydroxylation sites is 1. The third-order valence-electron chi connectivity index (χ3n) is 4.32. The van der Waals surface area contributed by atoms with Crippen molar-refractivity contribution in [3.8, 4) is 0 Å². The van der Waals surface area contributed by atoms with Crippen molar-refractivity contribution >= 4 is 10.9 Å². The summed E-state index contributed by atoms with van der Waals surface area (Å²) in [5, 5.41) is 0.768. The molecule has 3 heteroatoms. The molecule has 3 aromatic rings. The van der Waals surface area contributed by atoms with Crippen LogP contribution in [0.2, 0.25) is 0 Å². The van der Waals surface area contributed by atoms with Gasteiger partial charge in [0.2, 0.25) is 0 Å². The van der Waals surface area contributed by atoms with Crippen molar-refractivity contribution in [3.05, 3.63) is 76.5 Å². The molecule has 1 aromatic heterocycles. The highest BCUT2D eigenvalue weighted by Gasteiger charge is 2.22. The van der Waals surface area contributed by atoms with Crippen LogP contribution in [0.25, 0.3) is 10.9 Å². The van der Waals surface area contributed by atoms with Gasteiger partial charge >= 0.3 is 0 Å². The lowest BCUT2D eigenvalue weighted by Gasteiger charge is -2.24. The lowest BCUT2D eigenvalue weighted by atomic mass is 9.81. The van der Waals surface area contributed by atoms with Crippen LogP contribution in [-0.2, 0) is 11.8 Å². The molecule has 1 nitrogen and oxygen atoms in total. The fraction of sp³-hybridized carbons (Fsp3) is 0.286. The summed E-state index contributed by atoms with van der Waals surface area (Å²) in [5.74, 6) is -0.499. The van der Waals surface area contributed by atoms with Crippen LogP contribution in [0.4, 0.5) is 8.78 Å². The molecule has 0 unspecified atom stereocenters. The summed E-state index contributed by atoms with van der Waals surface area (Å²) in [6, 6.07) is 12.1. The van der Waals surface area contributed by atoms with Gasteiger partial charge < -0.3 is 0 Å². The number of nitrogens with zero attached hydrogens (tertiary/aromatic N) is 1. The van der Waals surface area contributed by atoms with Crippen LogP contribution in [0.5, 0.6) is 0 Å². The van der Waals surface area contributed by atoms with E-state index in [9.17, 15) is 8.78 Å². The Balaban J connectivity index is 2.12. The van der Waals surface area contributed by atoms with Gasteiger partial charge in [-0.1, -0.05) is 45.0 Å². The second-order valence-corrected chi connectivity index (χ2v) is 7.25. The van der Waals surface area contributed by atoms with Crippen molar-refractivity contribution in [2.24, 2.45) is 0 Å². The Kier molecular flexibility index (Phi) is 4.12. The second kappa shape index (κ2) is 5.97. The largest absolute Gasteiger partial charge is 0.250 e. The number of pyridine rings is 1. The highest BCUT2D eigenvalue weighted by atomic mass is 19.1. The van der Waals surface area contributed by atoms with E-state index in [2.05, 4.69) is 4.98 Å². The molecule has 0 aliphatic heterocycles. The lowest BCUT2D eigenvalue weighted by Crippen LogP contribution is -2.17. The zero-order valence-corrected chi connectivity index (χ0v) is 14.5. The van der Waals surface area contributed by atoms with E-state index in [1.54, 1.807) is 12.1 Å². The van der Waals surface area contributed by atoms with E-state index in [0.29, 0.717) is 11.9 Å². The Morgan fingerprint density at radius 2 is 1.58 bits per heavy atom. The molecule has 1 heterocycles. The van der Waals surface area contributed by atoms with Crippen molar-refractivity contribution in [2.75, 3.05) is 0 Å². The van der Waals surface area contributed by atoms with Gasteiger partial charge in [-0.05, 0) is 53.6 Å². The maximum absolute atomic E-state index is 14.4. The Hall–Kier alpha value is -2.29. The first-order valence-corrected chi connectivity index (χ1v) is 8.10. The average molecular weight is 325 g/mol. The monoisotopic (exact) mass is 325 g/mol. The molecule has 0 saturated heterocycles. The molecular formula is C21H21F2N. The van der Waals surface area contributed by atoms with Gasteiger partial charge in [0.15, 0.2) is 0 Å². The zero-order valence-electron chi connectivity index (χ0n) is 14.5. The first-order valence-electron chi connectivity index (χ1n) is 8.10. The maximum Gasteiger partial charge on any atom is 0.149 e. The standard InChI is InChI=1S/C21H21F2N/c1-13-16(12-15-8-6-10-18(23)20(15)24-13)11-14-7-5-9-17(22)19(14)21(2,3)4/h5-10,12H,11H2,1-4H3. The third kappa shape index (κ3) is 3.03. The average Bonchev–Trinajstić information content (AvgIpc) is 2.48. The number of halogens is 2. The molecule has 0 spiro atoms. The highest BCUT2D eigenvalue weighted by molar-refractivity contribution is 5.80. The fourth-order valence-corrected chi connectivity index (χ4v) is 3.24. The topological polar surface area (TPSA) is 12.9 Å². The Morgan fingerprint density at radius 3 is 2.29 bits per heavy atom. The Labute approximate surface area is 141 Å². The maximum atomic E-state index is 14.4. The van der Waals surface area contributed by atoms with Gasteiger partial charge in [0.25, 0.3) is 0 Å². The second-order valence-electron chi connectivity index (χ2n) is 7.25. The van der Waals surface area contributed by atoms with Crippen molar-refractivity contribution in [1.29, 1.82) is 0 Å². The quantitative estimate of drug-likeness (QED) is 0.588. The van der Waals surface area contributed by atoms with Crippen LogP contribution in [0.1, 0.15) is 43.2 Å². The van der Waals surface area contributed by atoms with Gasteiger partial charge in [0.1, 0.15) is 17.2 Å². The van der Waals surface area contributed by atoms with E-state index in [0.717, 1.165) is 27.8 Å². The van der Waals surface area contributed by atoms with Crippen molar-refractivity contribution < 1.29 is 8.78 Å². The predicted octanol–water partition coefficient (Wildman–Crippen LogP) is 5.71. The SMILES string of the molecule is Cc1nc2c(F)cccc2cc1Cc1cccc(F)c1C(C)(C)C. The Morgan fingerprint density at radius 1 is 0.917 bits per heavy atom. The van der Waals surface area contributed by atoms with E-state index >= 15 is 0 Å². The van der Waals surface area contributed by atoms with Crippen LogP contribution < -0.4 is 0 Å². The molecule has 0 radical (unpaired) electrons. The third-order valence-corrected chi connectivity index (χ3v) is 4.32. The summed E-state index contributed by atoms with van der Waals surface area (Å²) in [6.07, 6.45) is 0.579. The number of benzene rings is 2. The first-order chi connectivity index (χ1) is 11.3. The molecule has 0 aliphatic rings. The van der Waals surface area contributed by atoms with Crippen LogP contribution in [0, 0.1) is 18.6 Å². The van der Waals surface area contributed by atoms with Gasteiger partial charge in [-0.3, -0.25) is 0 Å². The molecule has 24 heavy (non-hydrogen) atoms.